The topological polar surface area (TPSA) is 93.1 Å². The molecule has 0 aliphatic carbocycles. The highest BCUT2D eigenvalue weighted by Gasteiger charge is 2.47. The number of ketones is 1. The lowest BCUT2D eigenvalue weighted by Crippen LogP contribution is -2.29. The van der Waals surface area contributed by atoms with Gasteiger partial charge in [0, 0.05) is 11.3 Å². The second kappa shape index (κ2) is 9.00. The number of aliphatic hydroxyl groups excluding tert-OH is 1. The van der Waals surface area contributed by atoms with E-state index in [-0.39, 0.29) is 16.9 Å². The van der Waals surface area contributed by atoms with Crippen LogP contribution in [0.25, 0.3) is 5.76 Å². The van der Waals surface area contributed by atoms with Crippen LogP contribution in [0.3, 0.4) is 0 Å². The zero-order valence-electron chi connectivity index (χ0n) is 18.0. The number of hydrogen-bond donors (Lipinski definition) is 1. The lowest BCUT2D eigenvalue weighted by Gasteiger charge is -2.26. The van der Waals surface area contributed by atoms with E-state index in [1.165, 1.54) is 25.2 Å². The minimum absolute atomic E-state index is 0.0528. The molecular weight excluding hydrogens is 422 g/mol. The van der Waals surface area contributed by atoms with Gasteiger partial charge in [-0.25, -0.2) is 4.79 Å². The first-order chi connectivity index (χ1) is 16.0. The van der Waals surface area contributed by atoms with Gasteiger partial charge in [0.15, 0.2) is 0 Å². The van der Waals surface area contributed by atoms with Gasteiger partial charge in [0.1, 0.15) is 11.5 Å². The van der Waals surface area contributed by atoms with Crippen LogP contribution in [0, 0.1) is 0 Å². The first-order valence-electron chi connectivity index (χ1n) is 10.1. The maximum absolute atomic E-state index is 13.2. The van der Waals surface area contributed by atoms with Crippen molar-refractivity contribution in [2.24, 2.45) is 0 Å². The van der Waals surface area contributed by atoms with Crippen molar-refractivity contribution in [3.8, 4) is 5.75 Å². The van der Waals surface area contributed by atoms with E-state index in [0.29, 0.717) is 22.6 Å². The Morgan fingerprint density at radius 3 is 2.27 bits per heavy atom. The Balaban J connectivity index is 1.95. The van der Waals surface area contributed by atoms with Crippen LogP contribution in [0.2, 0.25) is 0 Å². The molecule has 166 valence electrons. The van der Waals surface area contributed by atoms with Crippen molar-refractivity contribution in [1.82, 2.24) is 0 Å². The summed E-state index contributed by atoms with van der Waals surface area (Å²) in [6.07, 6.45) is 0. The Bertz CT molecular complexity index is 1260. The molecule has 0 bridgehead atoms. The molecule has 1 unspecified atom stereocenters. The van der Waals surface area contributed by atoms with Crippen molar-refractivity contribution >= 4 is 29.1 Å². The molecule has 3 aromatic carbocycles. The number of benzene rings is 3. The van der Waals surface area contributed by atoms with Crippen LogP contribution in [0.4, 0.5) is 5.69 Å². The normalized spacial score (nSPS) is 17.2. The molecule has 1 saturated heterocycles. The summed E-state index contributed by atoms with van der Waals surface area (Å²) in [5.41, 5.74) is 1.47. The van der Waals surface area contributed by atoms with E-state index in [1.54, 1.807) is 72.8 Å². The number of Topliss-reactive ketones (excluding diaryl/α,β-unsaturated/α-hetero) is 1. The smallest absolute Gasteiger partial charge is 0.337 e. The van der Waals surface area contributed by atoms with E-state index in [9.17, 15) is 19.5 Å². The van der Waals surface area contributed by atoms with Gasteiger partial charge >= 0.3 is 5.97 Å². The van der Waals surface area contributed by atoms with E-state index >= 15 is 0 Å². The SMILES string of the molecule is COC(=O)c1cccc(N2C(=O)C(=O)/C(=C(/O)c3ccccc3)C2c2cccc(OC)c2)c1. The van der Waals surface area contributed by atoms with E-state index in [1.807, 2.05) is 0 Å². The molecule has 0 aromatic heterocycles. The molecule has 33 heavy (non-hydrogen) atoms. The number of aliphatic hydroxyl groups is 1. The predicted octanol–water partition coefficient (Wildman–Crippen LogP) is 4.11. The molecule has 1 aliphatic heterocycles. The number of rotatable bonds is 5. The van der Waals surface area contributed by atoms with E-state index < -0.39 is 23.7 Å². The second-order valence-electron chi connectivity index (χ2n) is 7.35. The van der Waals surface area contributed by atoms with Crippen LogP contribution in [0.15, 0.2) is 84.4 Å². The summed E-state index contributed by atoms with van der Waals surface area (Å²) in [4.78, 5) is 39.7. The highest BCUT2D eigenvalue weighted by Crippen LogP contribution is 2.43. The molecule has 7 heteroatoms. The number of amides is 1. The number of esters is 1. The Labute approximate surface area is 190 Å². The number of nitrogens with zero attached hydrogens (tertiary/aromatic N) is 1. The minimum Gasteiger partial charge on any atom is -0.507 e. The third-order valence-electron chi connectivity index (χ3n) is 5.45. The quantitative estimate of drug-likeness (QED) is 0.276. The molecule has 0 saturated carbocycles. The van der Waals surface area contributed by atoms with Crippen molar-refractivity contribution < 1.29 is 29.0 Å². The van der Waals surface area contributed by atoms with Crippen LogP contribution in [-0.2, 0) is 14.3 Å². The molecule has 0 radical (unpaired) electrons. The molecule has 4 rings (SSSR count). The van der Waals surface area contributed by atoms with Crippen molar-refractivity contribution in [2.45, 2.75) is 6.04 Å². The van der Waals surface area contributed by atoms with Gasteiger partial charge in [-0.15, -0.1) is 0 Å². The summed E-state index contributed by atoms with van der Waals surface area (Å²) in [5.74, 6) is -1.97. The highest BCUT2D eigenvalue weighted by molar-refractivity contribution is 6.51. The number of methoxy groups -OCH3 is 2. The number of ether oxygens (including phenoxy) is 2. The van der Waals surface area contributed by atoms with E-state index in [0.717, 1.165) is 0 Å². The molecular formula is C26H21NO6. The Morgan fingerprint density at radius 1 is 0.879 bits per heavy atom. The van der Waals surface area contributed by atoms with Gasteiger partial charge in [-0.1, -0.05) is 48.5 Å². The van der Waals surface area contributed by atoms with E-state index in [2.05, 4.69) is 0 Å². The number of hydrogen-bond acceptors (Lipinski definition) is 6. The van der Waals surface area contributed by atoms with Crippen LogP contribution in [0.1, 0.15) is 27.5 Å². The minimum atomic E-state index is -0.937. The number of carbonyl (C=O) groups excluding carboxylic acids is 3. The summed E-state index contributed by atoms with van der Waals surface area (Å²) < 4.78 is 10.1. The van der Waals surface area contributed by atoms with Crippen molar-refractivity contribution in [1.29, 1.82) is 0 Å². The van der Waals surface area contributed by atoms with Crippen molar-refractivity contribution in [3.05, 3.63) is 101 Å². The third kappa shape index (κ3) is 3.96. The largest absolute Gasteiger partial charge is 0.507 e. The zero-order valence-corrected chi connectivity index (χ0v) is 18.0. The lowest BCUT2D eigenvalue weighted by molar-refractivity contribution is -0.132. The molecule has 1 atom stereocenters. The summed E-state index contributed by atoms with van der Waals surface area (Å²) in [6.45, 7) is 0. The van der Waals surface area contributed by atoms with E-state index in [4.69, 9.17) is 9.47 Å². The van der Waals surface area contributed by atoms with Gasteiger partial charge < -0.3 is 14.6 Å². The summed E-state index contributed by atoms with van der Waals surface area (Å²) in [7, 11) is 2.77. The summed E-state index contributed by atoms with van der Waals surface area (Å²) in [5, 5.41) is 11.1. The zero-order chi connectivity index (χ0) is 23.5. The molecule has 1 amide bonds. The van der Waals surface area contributed by atoms with Gasteiger partial charge in [0.2, 0.25) is 0 Å². The van der Waals surface area contributed by atoms with Gasteiger partial charge in [0.25, 0.3) is 11.7 Å². The first-order valence-corrected chi connectivity index (χ1v) is 10.1. The van der Waals surface area contributed by atoms with Gasteiger partial charge in [-0.05, 0) is 35.9 Å². The fourth-order valence-electron chi connectivity index (χ4n) is 3.88. The molecule has 3 aromatic rings. The van der Waals surface area contributed by atoms with Gasteiger partial charge in [0.05, 0.1) is 31.4 Å². The van der Waals surface area contributed by atoms with Crippen LogP contribution >= 0.6 is 0 Å². The van der Waals surface area contributed by atoms with Crippen LogP contribution < -0.4 is 9.64 Å². The maximum atomic E-state index is 13.2. The maximum Gasteiger partial charge on any atom is 0.337 e. The highest BCUT2D eigenvalue weighted by atomic mass is 16.5. The second-order valence-corrected chi connectivity index (χ2v) is 7.35. The fraction of sp³-hybridized carbons (Fsp3) is 0.115. The summed E-state index contributed by atoms with van der Waals surface area (Å²) >= 11 is 0. The Morgan fingerprint density at radius 2 is 1.58 bits per heavy atom. The molecule has 1 heterocycles. The lowest BCUT2D eigenvalue weighted by atomic mass is 9.95. The molecule has 7 nitrogen and oxygen atoms in total. The van der Waals surface area contributed by atoms with Crippen LogP contribution in [-0.4, -0.2) is 37.0 Å². The third-order valence-corrected chi connectivity index (χ3v) is 5.45. The average Bonchev–Trinajstić information content (AvgIpc) is 3.14. The number of anilines is 1. The molecule has 1 fully saturated rings. The van der Waals surface area contributed by atoms with Crippen molar-refractivity contribution in [3.63, 3.8) is 0 Å². The fourth-order valence-corrected chi connectivity index (χ4v) is 3.88. The van der Waals surface area contributed by atoms with Gasteiger partial charge in [-0.3, -0.25) is 14.5 Å². The van der Waals surface area contributed by atoms with Crippen LogP contribution in [0.5, 0.6) is 5.75 Å². The standard InChI is InChI=1S/C26H21NO6/c1-32-20-13-7-10-17(15-20)22-21(23(28)16-8-4-3-5-9-16)24(29)25(30)27(22)19-12-6-11-18(14-19)26(31)33-2/h3-15,22,28H,1-2H3/b23-21+. The van der Waals surface area contributed by atoms with Gasteiger partial charge in [-0.2, -0.15) is 0 Å². The average molecular weight is 443 g/mol. The molecule has 0 spiro atoms. The Kier molecular flexibility index (Phi) is 5.95. The first kappa shape index (κ1) is 21.8. The van der Waals surface area contributed by atoms with Crippen molar-refractivity contribution in [2.75, 3.05) is 19.1 Å². The summed E-state index contributed by atoms with van der Waals surface area (Å²) in [6, 6.07) is 20.8. The molecule has 1 N–H and O–H groups in total. The monoisotopic (exact) mass is 443 g/mol. The number of carbonyl (C=O) groups is 3. The predicted molar refractivity (Wildman–Crippen MR) is 122 cm³/mol. The molecule has 1 aliphatic rings. The Hall–Kier alpha value is -4.39.